The van der Waals surface area contributed by atoms with Gasteiger partial charge >= 0.3 is 0 Å². The lowest BCUT2D eigenvalue weighted by molar-refractivity contribution is -0.253. The van der Waals surface area contributed by atoms with Crippen LogP contribution in [-0.2, 0) is 0 Å². The van der Waals surface area contributed by atoms with E-state index in [-0.39, 0.29) is 0 Å². The third-order valence-electron chi connectivity index (χ3n) is 2.27. The van der Waals surface area contributed by atoms with Crippen LogP contribution in [0.15, 0.2) is 48.5 Å². The highest BCUT2D eigenvalue weighted by atomic mass is 14.6. The summed E-state index contributed by atoms with van der Waals surface area (Å²) in [7, 11) is 0. The minimum Gasteiger partial charge on any atom is -0.398 e. The summed E-state index contributed by atoms with van der Waals surface area (Å²) in [5.41, 5.74) is 13.8. The van der Waals surface area contributed by atoms with Crippen LogP contribution in [0, 0.1) is 0 Å². The van der Waals surface area contributed by atoms with Gasteiger partial charge in [0.2, 0.25) is 0 Å². The van der Waals surface area contributed by atoms with Crippen molar-refractivity contribution < 1.29 is 5.73 Å². The van der Waals surface area contributed by atoms with E-state index < -0.39 is 0 Å². The maximum Gasteiger partial charge on any atom is 0.135 e. The molecule has 14 heavy (non-hydrogen) atoms. The van der Waals surface area contributed by atoms with Crippen molar-refractivity contribution in [1.29, 1.82) is 0 Å². The molecule has 0 amide bonds. The van der Waals surface area contributed by atoms with Gasteiger partial charge in [-0.2, -0.15) is 0 Å². The predicted molar refractivity (Wildman–Crippen MR) is 58.8 cm³/mol. The Balaban J connectivity index is 2.61. The zero-order chi connectivity index (χ0) is 9.97. The van der Waals surface area contributed by atoms with E-state index in [2.05, 4.69) is 5.73 Å². The van der Waals surface area contributed by atoms with E-state index in [1.54, 1.807) is 0 Å². The number of benzene rings is 2. The van der Waals surface area contributed by atoms with Crippen molar-refractivity contribution in [3.05, 3.63) is 48.5 Å². The van der Waals surface area contributed by atoms with E-state index in [1.807, 2.05) is 48.5 Å². The highest BCUT2D eigenvalue weighted by Crippen LogP contribution is 2.28. The SMILES string of the molecule is Nc1ccccc1-c1ccccc1[NH3+]. The van der Waals surface area contributed by atoms with Crippen LogP contribution in [0.1, 0.15) is 0 Å². The van der Waals surface area contributed by atoms with Crippen molar-refractivity contribution in [2.24, 2.45) is 0 Å². The molecule has 0 aliphatic carbocycles. The van der Waals surface area contributed by atoms with E-state index >= 15 is 0 Å². The minimum absolute atomic E-state index is 0.795. The quantitative estimate of drug-likeness (QED) is 0.654. The maximum atomic E-state index is 5.89. The van der Waals surface area contributed by atoms with Gasteiger partial charge in [0.25, 0.3) is 0 Å². The van der Waals surface area contributed by atoms with Gasteiger partial charge in [0.15, 0.2) is 0 Å². The lowest BCUT2D eigenvalue weighted by Gasteiger charge is -2.05. The Kier molecular flexibility index (Phi) is 2.21. The normalized spacial score (nSPS) is 10.1. The van der Waals surface area contributed by atoms with Crippen LogP contribution in [0.3, 0.4) is 0 Å². The summed E-state index contributed by atoms with van der Waals surface area (Å²) in [5.74, 6) is 0. The number of nitrogen functional groups attached to an aromatic ring is 1. The van der Waals surface area contributed by atoms with Gasteiger partial charge in [-0.15, -0.1) is 0 Å². The molecule has 0 saturated carbocycles. The van der Waals surface area contributed by atoms with Gasteiger partial charge in [-0.05, 0) is 18.2 Å². The first kappa shape index (κ1) is 8.78. The minimum atomic E-state index is 0.795. The van der Waals surface area contributed by atoms with Crippen LogP contribution in [-0.4, -0.2) is 0 Å². The summed E-state index contributed by atoms with van der Waals surface area (Å²) in [6.07, 6.45) is 0. The molecule has 0 aliphatic rings. The largest absolute Gasteiger partial charge is 0.398 e. The molecule has 2 rings (SSSR count). The molecular weight excluding hydrogens is 172 g/mol. The number of nitrogens with two attached hydrogens (primary N) is 1. The monoisotopic (exact) mass is 185 g/mol. The molecular formula is C12H13N2+. The summed E-state index contributed by atoms with van der Waals surface area (Å²) in [6.45, 7) is 0. The van der Waals surface area contributed by atoms with Crippen molar-refractivity contribution in [3.8, 4) is 11.1 Å². The second kappa shape index (κ2) is 3.52. The molecule has 0 unspecified atom stereocenters. The highest BCUT2D eigenvalue weighted by Gasteiger charge is 2.06. The molecule has 0 heterocycles. The van der Waals surface area contributed by atoms with Crippen molar-refractivity contribution in [2.45, 2.75) is 0 Å². The molecule has 2 nitrogen and oxygen atoms in total. The second-order valence-corrected chi connectivity index (χ2v) is 3.24. The first-order chi connectivity index (χ1) is 6.79. The van der Waals surface area contributed by atoms with E-state index in [0.29, 0.717) is 0 Å². The molecule has 0 spiro atoms. The summed E-state index contributed by atoms with van der Waals surface area (Å²) >= 11 is 0. The number of hydrogen-bond donors (Lipinski definition) is 2. The molecule has 0 aromatic heterocycles. The van der Waals surface area contributed by atoms with Gasteiger partial charge in [0, 0.05) is 16.8 Å². The lowest BCUT2D eigenvalue weighted by Crippen LogP contribution is -2.40. The molecule has 0 fully saturated rings. The van der Waals surface area contributed by atoms with Crippen LogP contribution >= 0.6 is 0 Å². The van der Waals surface area contributed by atoms with Crippen molar-refractivity contribution in [3.63, 3.8) is 0 Å². The van der Waals surface area contributed by atoms with Crippen LogP contribution in [0.2, 0.25) is 0 Å². The van der Waals surface area contributed by atoms with E-state index in [9.17, 15) is 0 Å². The van der Waals surface area contributed by atoms with Crippen LogP contribution in [0.5, 0.6) is 0 Å². The molecule has 0 radical (unpaired) electrons. The van der Waals surface area contributed by atoms with Crippen molar-refractivity contribution in [1.82, 2.24) is 0 Å². The van der Waals surface area contributed by atoms with Crippen LogP contribution in [0.25, 0.3) is 11.1 Å². The molecule has 5 N–H and O–H groups in total. The van der Waals surface area contributed by atoms with Crippen molar-refractivity contribution in [2.75, 3.05) is 5.73 Å². The van der Waals surface area contributed by atoms with E-state index in [4.69, 9.17) is 5.73 Å². The molecule has 2 aromatic carbocycles. The number of hydrogen-bond acceptors (Lipinski definition) is 1. The van der Waals surface area contributed by atoms with Gasteiger partial charge in [-0.25, -0.2) is 0 Å². The molecule has 0 bridgehead atoms. The highest BCUT2D eigenvalue weighted by molar-refractivity contribution is 5.81. The second-order valence-electron chi connectivity index (χ2n) is 3.24. The first-order valence-corrected chi connectivity index (χ1v) is 4.55. The number of quaternary nitrogens is 1. The molecule has 70 valence electrons. The number of anilines is 1. The summed E-state index contributed by atoms with van der Waals surface area (Å²) in [6, 6.07) is 15.8. The topological polar surface area (TPSA) is 53.7 Å². The smallest absolute Gasteiger partial charge is 0.135 e. The fourth-order valence-electron chi connectivity index (χ4n) is 1.53. The zero-order valence-corrected chi connectivity index (χ0v) is 7.90. The summed E-state index contributed by atoms with van der Waals surface area (Å²) in [4.78, 5) is 0. The van der Waals surface area contributed by atoms with Gasteiger partial charge in [-0.3, -0.25) is 0 Å². The zero-order valence-electron chi connectivity index (χ0n) is 7.90. The number of rotatable bonds is 1. The van der Waals surface area contributed by atoms with Crippen LogP contribution < -0.4 is 11.5 Å². The standard InChI is InChI=1S/C12H12N2/c13-11-7-3-1-5-9(11)10-6-2-4-8-12(10)14/h1-8H,13-14H2/p+1. The van der Waals surface area contributed by atoms with Gasteiger partial charge in [0.05, 0.1) is 0 Å². The average molecular weight is 185 g/mol. The Morgan fingerprint density at radius 2 is 1.36 bits per heavy atom. The maximum absolute atomic E-state index is 5.89. The third-order valence-corrected chi connectivity index (χ3v) is 2.27. The molecule has 0 aliphatic heterocycles. The average Bonchev–Trinajstić information content (AvgIpc) is 2.20. The third kappa shape index (κ3) is 1.47. The molecule has 2 heteroatoms. The fraction of sp³-hybridized carbons (Fsp3) is 0. The van der Waals surface area contributed by atoms with Gasteiger partial charge in [0.1, 0.15) is 5.69 Å². The van der Waals surface area contributed by atoms with Gasteiger partial charge in [-0.1, -0.05) is 30.3 Å². The number of para-hydroxylation sites is 1. The van der Waals surface area contributed by atoms with Crippen LogP contribution in [0.4, 0.5) is 11.4 Å². The van der Waals surface area contributed by atoms with E-state index in [1.165, 1.54) is 0 Å². The Bertz CT molecular complexity index is 406. The van der Waals surface area contributed by atoms with Gasteiger partial charge < -0.3 is 11.5 Å². The Hall–Kier alpha value is -1.80. The Morgan fingerprint density at radius 1 is 0.786 bits per heavy atom. The fourth-order valence-corrected chi connectivity index (χ4v) is 1.53. The predicted octanol–water partition coefficient (Wildman–Crippen LogP) is 1.81. The Labute approximate surface area is 83.2 Å². The summed E-state index contributed by atoms with van der Waals surface area (Å²) in [5, 5.41) is 0. The van der Waals surface area contributed by atoms with E-state index in [0.717, 1.165) is 22.5 Å². The lowest BCUT2D eigenvalue weighted by atomic mass is 10.0. The van der Waals surface area contributed by atoms with Crippen molar-refractivity contribution >= 4 is 11.4 Å². The Morgan fingerprint density at radius 3 is 2.00 bits per heavy atom. The molecule has 0 atom stereocenters. The summed E-state index contributed by atoms with van der Waals surface area (Å²) < 4.78 is 0. The first-order valence-electron chi connectivity index (χ1n) is 4.55. The molecule has 2 aromatic rings. The molecule has 0 saturated heterocycles.